The van der Waals surface area contributed by atoms with Gasteiger partial charge in [-0.05, 0) is 0 Å². The molecule has 2 heterocycles. The van der Waals surface area contributed by atoms with E-state index < -0.39 is 16.0 Å². The van der Waals surface area contributed by atoms with Crippen LogP contribution in [0.1, 0.15) is 12.8 Å². The smallest absolute Gasteiger partial charge is 0.281 e. The van der Waals surface area contributed by atoms with Crippen molar-refractivity contribution < 1.29 is 17.9 Å². The molecule has 1 atom stereocenters. The van der Waals surface area contributed by atoms with Crippen molar-refractivity contribution in [2.24, 2.45) is 5.73 Å². The molecule has 0 aromatic rings. The summed E-state index contributed by atoms with van der Waals surface area (Å²) in [7, 11) is -0.265. The zero-order chi connectivity index (χ0) is 13.4. The van der Waals surface area contributed by atoms with Crippen molar-refractivity contribution in [3.63, 3.8) is 0 Å². The van der Waals surface area contributed by atoms with E-state index in [9.17, 15) is 8.42 Å². The number of hydrogen-bond donors (Lipinski definition) is 1. The van der Waals surface area contributed by atoms with Gasteiger partial charge in [-0.3, -0.25) is 0 Å². The number of nitrogens with two attached hydrogens (primary N) is 1. The molecule has 0 amide bonds. The lowest BCUT2D eigenvalue weighted by Gasteiger charge is -2.38. The summed E-state index contributed by atoms with van der Waals surface area (Å²) >= 11 is 0. The number of hydrogen-bond acceptors (Lipinski definition) is 5. The van der Waals surface area contributed by atoms with E-state index in [2.05, 4.69) is 0 Å². The quantitative estimate of drug-likeness (QED) is 0.713. The number of rotatable bonds is 3. The minimum atomic E-state index is -3.33. The molecule has 1 unspecified atom stereocenters. The van der Waals surface area contributed by atoms with Crippen LogP contribution in [0.15, 0.2) is 0 Å². The summed E-state index contributed by atoms with van der Waals surface area (Å²) in [6, 6.07) is 0. The molecule has 0 bridgehead atoms. The van der Waals surface area contributed by atoms with E-state index in [0.717, 1.165) is 0 Å². The molecule has 1 spiro atoms. The van der Waals surface area contributed by atoms with Crippen molar-refractivity contribution in [1.29, 1.82) is 0 Å². The first-order chi connectivity index (χ1) is 8.39. The molecule has 8 heteroatoms. The number of piperidine rings is 1. The predicted octanol–water partition coefficient (Wildman–Crippen LogP) is -1.04. The Morgan fingerprint density at radius 3 is 2.44 bits per heavy atom. The topological polar surface area (TPSA) is 85.1 Å². The molecule has 0 saturated carbocycles. The summed E-state index contributed by atoms with van der Waals surface area (Å²) in [6.07, 6.45) is 1.04. The van der Waals surface area contributed by atoms with Gasteiger partial charge >= 0.3 is 0 Å². The highest BCUT2D eigenvalue weighted by molar-refractivity contribution is 7.86. The SMILES string of the molecule is CN(C)S(=O)(=O)N1CCC2(CC1)OCC(CN)O2. The number of nitrogens with zero attached hydrogens (tertiary/aromatic N) is 2. The van der Waals surface area contributed by atoms with E-state index in [1.54, 1.807) is 0 Å². The summed E-state index contributed by atoms with van der Waals surface area (Å²) in [5.74, 6) is -0.623. The van der Waals surface area contributed by atoms with Crippen LogP contribution in [0.25, 0.3) is 0 Å². The molecular weight excluding hydrogens is 258 g/mol. The molecule has 0 aromatic heterocycles. The van der Waals surface area contributed by atoms with Gasteiger partial charge in [-0.25, -0.2) is 0 Å². The highest BCUT2D eigenvalue weighted by Gasteiger charge is 2.45. The summed E-state index contributed by atoms with van der Waals surface area (Å²) in [6.45, 7) is 1.76. The average Bonchev–Trinajstić information content (AvgIpc) is 2.73. The van der Waals surface area contributed by atoms with Gasteiger partial charge < -0.3 is 15.2 Å². The Kier molecular flexibility index (Phi) is 3.96. The Hall–Kier alpha value is -0.250. The Balaban J connectivity index is 1.97. The lowest BCUT2D eigenvalue weighted by molar-refractivity contribution is -0.188. The van der Waals surface area contributed by atoms with Crippen molar-refractivity contribution in [1.82, 2.24) is 8.61 Å². The Morgan fingerprint density at radius 1 is 1.39 bits per heavy atom. The van der Waals surface area contributed by atoms with Crippen molar-refractivity contribution in [2.75, 3.05) is 40.3 Å². The second-order valence-corrected chi connectivity index (χ2v) is 7.03. The maximum atomic E-state index is 12.0. The lowest BCUT2D eigenvalue weighted by atomic mass is 10.1. The minimum Gasteiger partial charge on any atom is -0.347 e. The molecule has 2 rings (SSSR count). The summed E-state index contributed by atoms with van der Waals surface area (Å²) in [4.78, 5) is 0. The predicted molar refractivity (Wildman–Crippen MR) is 66.0 cm³/mol. The molecule has 2 aliphatic rings. The summed E-state index contributed by atoms with van der Waals surface area (Å²) < 4.78 is 38.1. The fourth-order valence-corrected chi connectivity index (χ4v) is 3.39. The molecule has 2 aliphatic heterocycles. The Labute approximate surface area is 108 Å². The monoisotopic (exact) mass is 279 g/mol. The Morgan fingerprint density at radius 2 is 2.00 bits per heavy atom. The highest BCUT2D eigenvalue weighted by atomic mass is 32.2. The van der Waals surface area contributed by atoms with Crippen molar-refractivity contribution in [2.45, 2.75) is 24.7 Å². The van der Waals surface area contributed by atoms with E-state index in [4.69, 9.17) is 15.2 Å². The zero-order valence-corrected chi connectivity index (χ0v) is 11.6. The van der Waals surface area contributed by atoms with Crippen LogP contribution in [0.3, 0.4) is 0 Å². The minimum absolute atomic E-state index is 0.0676. The van der Waals surface area contributed by atoms with Crippen LogP contribution in [-0.2, 0) is 19.7 Å². The fourth-order valence-electron chi connectivity index (χ4n) is 2.28. The standard InChI is InChI=1S/C10H21N3O4S/c1-12(2)18(14,15)13-5-3-10(4-6-13)16-8-9(7-11)17-10/h9H,3-8,11H2,1-2H3. The average molecular weight is 279 g/mol. The Bertz CT molecular complexity index is 390. The van der Waals surface area contributed by atoms with E-state index in [1.165, 1.54) is 22.7 Å². The maximum absolute atomic E-state index is 12.0. The third kappa shape index (κ3) is 2.54. The van der Waals surface area contributed by atoms with Crippen molar-refractivity contribution in [3.05, 3.63) is 0 Å². The molecule has 7 nitrogen and oxygen atoms in total. The maximum Gasteiger partial charge on any atom is 0.281 e. The van der Waals surface area contributed by atoms with Gasteiger partial charge in [0.15, 0.2) is 5.79 Å². The largest absolute Gasteiger partial charge is 0.347 e. The molecule has 0 aliphatic carbocycles. The third-order valence-corrected chi connectivity index (χ3v) is 5.39. The molecule has 18 heavy (non-hydrogen) atoms. The number of ether oxygens (including phenoxy) is 2. The van der Waals surface area contributed by atoms with Crippen molar-refractivity contribution >= 4 is 10.2 Å². The van der Waals surface area contributed by atoms with Crippen LogP contribution in [0.5, 0.6) is 0 Å². The van der Waals surface area contributed by atoms with E-state index in [1.807, 2.05) is 0 Å². The van der Waals surface area contributed by atoms with Crippen LogP contribution in [0.4, 0.5) is 0 Å². The fraction of sp³-hybridized carbons (Fsp3) is 1.00. The third-order valence-electron chi connectivity index (χ3n) is 3.45. The van der Waals surface area contributed by atoms with Gasteiger partial charge in [0, 0.05) is 46.6 Å². The van der Waals surface area contributed by atoms with Crippen LogP contribution in [-0.4, -0.2) is 69.3 Å². The summed E-state index contributed by atoms with van der Waals surface area (Å²) in [5, 5.41) is 0. The van der Waals surface area contributed by atoms with Gasteiger partial charge in [0.05, 0.1) is 12.7 Å². The molecular formula is C10H21N3O4S. The molecule has 2 N–H and O–H groups in total. The van der Waals surface area contributed by atoms with E-state index in [-0.39, 0.29) is 6.10 Å². The molecule has 0 radical (unpaired) electrons. The van der Waals surface area contributed by atoms with Gasteiger partial charge in [-0.2, -0.15) is 17.0 Å². The van der Waals surface area contributed by atoms with Gasteiger partial charge in [0.2, 0.25) is 0 Å². The van der Waals surface area contributed by atoms with Gasteiger partial charge in [0.1, 0.15) is 0 Å². The van der Waals surface area contributed by atoms with Crippen LogP contribution >= 0.6 is 0 Å². The van der Waals surface area contributed by atoms with Crippen LogP contribution in [0, 0.1) is 0 Å². The van der Waals surface area contributed by atoms with E-state index >= 15 is 0 Å². The second kappa shape index (κ2) is 5.03. The van der Waals surface area contributed by atoms with Gasteiger partial charge in [-0.15, -0.1) is 0 Å². The highest BCUT2D eigenvalue weighted by Crippen LogP contribution is 2.34. The molecule has 0 aromatic carbocycles. The first-order valence-electron chi connectivity index (χ1n) is 6.09. The first kappa shape index (κ1) is 14.2. The first-order valence-corrected chi connectivity index (χ1v) is 7.49. The van der Waals surface area contributed by atoms with Gasteiger partial charge in [0.25, 0.3) is 10.2 Å². The zero-order valence-electron chi connectivity index (χ0n) is 10.8. The van der Waals surface area contributed by atoms with E-state index in [0.29, 0.717) is 39.1 Å². The van der Waals surface area contributed by atoms with Crippen LogP contribution in [0.2, 0.25) is 0 Å². The van der Waals surface area contributed by atoms with Gasteiger partial charge in [-0.1, -0.05) is 0 Å². The molecule has 2 fully saturated rings. The normalized spacial score (nSPS) is 29.2. The lowest BCUT2D eigenvalue weighted by Crippen LogP contribution is -2.50. The van der Waals surface area contributed by atoms with Crippen molar-refractivity contribution in [3.8, 4) is 0 Å². The molecule has 106 valence electrons. The summed E-state index contributed by atoms with van der Waals surface area (Å²) in [5.41, 5.74) is 5.54. The second-order valence-electron chi connectivity index (χ2n) is 4.89. The molecule has 2 saturated heterocycles. The van der Waals surface area contributed by atoms with Crippen LogP contribution < -0.4 is 5.73 Å².